The third-order valence-corrected chi connectivity index (χ3v) is 3.52. The number of carboxylic acid groups (broad SMARTS) is 1. The Bertz CT molecular complexity index is 685. The summed E-state index contributed by atoms with van der Waals surface area (Å²) in [5.74, 6) is -1.70. The van der Waals surface area contributed by atoms with E-state index in [9.17, 15) is 9.59 Å². The summed E-state index contributed by atoms with van der Waals surface area (Å²) >= 11 is 6.86. The third kappa shape index (κ3) is 3.77. The van der Waals surface area contributed by atoms with E-state index in [0.29, 0.717) is 4.90 Å². The number of hydrogen-bond acceptors (Lipinski definition) is 6. The molecule has 2 rings (SSSR count). The van der Waals surface area contributed by atoms with Crippen LogP contribution in [0.1, 0.15) is 27.8 Å². The van der Waals surface area contributed by atoms with Crippen molar-refractivity contribution < 1.29 is 23.8 Å². The number of ether oxygens (including phenoxy) is 1. The smallest absolute Gasteiger partial charge is 0.360 e. The van der Waals surface area contributed by atoms with Crippen LogP contribution in [0, 0.1) is 0 Å². The first-order valence-corrected chi connectivity index (χ1v) is 7.04. The van der Waals surface area contributed by atoms with Crippen LogP contribution >= 0.6 is 23.4 Å². The number of oxazole rings is 1. The largest absolute Gasteiger partial charge is 0.478 e. The zero-order valence-corrected chi connectivity index (χ0v) is 12.4. The van der Waals surface area contributed by atoms with Crippen LogP contribution in [0.5, 0.6) is 0 Å². The number of hydrogen-bond donors (Lipinski definition) is 1. The van der Waals surface area contributed by atoms with Crippen LogP contribution in [0.4, 0.5) is 0 Å². The van der Waals surface area contributed by atoms with Gasteiger partial charge in [0.25, 0.3) is 5.22 Å². The van der Waals surface area contributed by atoms with Crippen LogP contribution in [-0.4, -0.2) is 28.6 Å². The lowest BCUT2D eigenvalue weighted by Gasteiger charge is -2.01. The molecular formula is C13H10ClNO5S. The fourth-order valence-corrected chi connectivity index (χ4v) is 2.39. The summed E-state index contributed by atoms with van der Waals surface area (Å²) in [5, 5.41) is 9.35. The highest BCUT2D eigenvalue weighted by Gasteiger charge is 2.15. The number of nitrogens with zero attached hydrogens (tertiary/aromatic N) is 1. The Hall–Kier alpha value is -1.99. The average Bonchev–Trinajstić information content (AvgIpc) is 2.89. The Morgan fingerprint density at radius 3 is 2.90 bits per heavy atom. The van der Waals surface area contributed by atoms with Crippen LogP contribution in [0.15, 0.2) is 39.0 Å². The maximum absolute atomic E-state index is 11.4. The molecule has 1 N–H and O–H groups in total. The molecule has 0 spiro atoms. The second kappa shape index (κ2) is 6.64. The number of carbonyl (C=O) groups excluding carboxylic acids is 1. The Kier molecular flexibility index (Phi) is 4.87. The third-order valence-electron chi connectivity index (χ3n) is 2.34. The molecule has 1 aromatic heterocycles. The number of carboxylic acids is 1. The normalized spacial score (nSPS) is 10.4. The summed E-state index contributed by atoms with van der Waals surface area (Å²) < 4.78 is 9.93. The van der Waals surface area contributed by atoms with Gasteiger partial charge in [-0.3, -0.25) is 0 Å². The Labute approximate surface area is 129 Å². The van der Waals surface area contributed by atoms with Gasteiger partial charge in [0.1, 0.15) is 6.26 Å². The van der Waals surface area contributed by atoms with Crippen molar-refractivity contribution in [3.63, 3.8) is 0 Å². The first-order valence-electron chi connectivity index (χ1n) is 5.84. The van der Waals surface area contributed by atoms with Crippen molar-refractivity contribution in [2.24, 2.45) is 0 Å². The molecular weight excluding hydrogens is 318 g/mol. The number of esters is 1. The quantitative estimate of drug-likeness (QED) is 0.842. The Morgan fingerprint density at radius 2 is 2.24 bits per heavy atom. The van der Waals surface area contributed by atoms with Crippen molar-refractivity contribution in [1.29, 1.82) is 0 Å². The van der Waals surface area contributed by atoms with Gasteiger partial charge in [-0.15, -0.1) is 0 Å². The molecule has 1 aromatic carbocycles. The summed E-state index contributed by atoms with van der Waals surface area (Å²) in [7, 11) is 0. The number of carbonyl (C=O) groups is 2. The van der Waals surface area contributed by atoms with Gasteiger partial charge in [0.05, 0.1) is 17.2 Å². The summed E-state index contributed by atoms with van der Waals surface area (Å²) in [6.07, 6.45) is 1.19. The average molecular weight is 328 g/mol. The maximum Gasteiger partial charge on any atom is 0.360 e. The van der Waals surface area contributed by atoms with Crippen molar-refractivity contribution in [2.75, 3.05) is 6.61 Å². The lowest BCUT2D eigenvalue weighted by Crippen LogP contribution is -2.04. The predicted octanol–water partition coefficient (Wildman–Crippen LogP) is 3.35. The van der Waals surface area contributed by atoms with Gasteiger partial charge in [0, 0.05) is 4.90 Å². The van der Waals surface area contributed by atoms with Crippen LogP contribution in [0.2, 0.25) is 5.02 Å². The summed E-state index contributed by atoms with van der Waals surface area (Å²) in [6.45, 7) is 1.93. The minimum atomic E-state index is -1.12. The van der Waals surface area contributed by atoms with E-state index >= 15 is 0 Å². The molecule has 8 heteroatoms. The van der Waals surface area contributed by atoms with Gasteiger partial charge in [-0.25, -0.2) is 9.59 Å². The van der Waals surface area contributed by atoms with E-state index < -0.39 is 11.9 Å². The van der Waals surface area contributed by atoms with Crippen molar-refractivity contribution in [3.05, 3.63) is 40.7 Å². The Morgan fingerprint density at radius 1 is 1.48 bits per heavy atom. The molecule has 0 atom stereocenters. The minimum absolute atomic E-state index is 0.0150. The van der Waals surface area contributed by atoms with E-state index in [4.69, 9.17) is 25.9 Å². The van der Waals surface area contributed by atoms with Crippen LogP contribution in [-0.2, 0) is 4.74 Å². The van der Waals surface area contributed by atoms with Crippen LogP contribution in [0.25, 0.3) is 0 Å². The molecule has 0 saturated carbocycles. The van der Waals surface area contributed by atoms with Crippen molar-refractivity contribution in [1.82, 2.24) is 4.98 Å². The van der Waals surface area contributed by atoms with Gasteiger partial charge in [0.15, 0.2) is 5.69 Å². The van der Waals surface area contributed by atoms with Gasteiger partial charge < -0.3 is 14.3 Å². The lowest BCUT2D eigenvalue weighted by atomic mass is 10.2. The molecule has 0 radical (unpaired) electrons. The highest BCUT2D eigenvalue weighted by molar-refractivity contribution is 7.99. The number of aromatic carboxylic acids is 1. The van der Waals surface area contributed by atoms with Gasteiger partial charge in [-0.1, -0.05) is 11.6 Å². The van der Waals surface area contributed by atoms with Crippen molar-refractivity contribution in [2.45, 2.75) is 17.0 Å². The molecule has 6 nitrogen and oxygen atoms in total. The van der Waals surface area contributed by atoms with Crippen LogP contribution in [0.3, 0.4) is 0 Å². The van der Waals surface area contributed by atoms with Gasteiger partial charge >= 0.3 is 11.9 Å². The molecule has 0 aliphatic heterocycles. The summed E-state index contributed by atoms with van der Waals surface area (Å²) in [5.41, 5.74) is 0.0469. The molecule has 1 heterocycles. The van der Waals surface area contributed by atoms with Crippen molar-refractivity contribution in [3.8, 4) is 0 Å². The molecule has 0 fully saturated rings. The van der Waals surface area contributed by atoms with Gasteiger partial charge in [-0.2, -0.15) is 4.98 Å². The van der Waals surface area contributed by atoms with E-state index in [1.807, 2.05) is 0 Å². The zero-order valence-electron chi connectivity index (χ0n) is 10.8. The molecule has 2 aromatic rings. The first-order chi connectivity index (χ1) is 10.0. The van der Waals surface area contributed by atoms with E-state index in [1.54, 1.807) is 13.0 Å². The minimum Gasteiger partial charge on any atom is -0.478 e. The Balaban J connectivity index is 2.17. The highest BCUT2D eigenvalue weighted by Crippen LogP contribution is 2.30. The summed E-state index contributed by atoms with van der Waals surface area (Å²) in [6, 6.07) is 4.51. The predicted molar refractivity (Wildman–Crippen MR) is 75.0 cm³/mol. The lowest BCUT2D eigenvalue weighted by molar-refractivity contribution is 0.0518. The fourth-order valence-electron chi connectivity index (χ4n) is 1.44. The van der Waals surface area contributed by atoms with Gasteiger partial charge in [0.2, 0.25) is 0 Å². The van der Waals surface area contributed by atoms with E-state index in [0.717, 1.165) is 11.8 Å². The molecule has 110 valence electrons. The molecule has 0 amide bonds. The number of benzene rings is 1. The molecule has 0 aliphatic rings. The van der Waals surface area contributed by atoms with E-state index in [-0.39, 0.29) is 28.1 Å². The monoisotopic (exact) mass is 327 g/mol. The number of halogens is 1. The second-order valence-corrected chi connectivity index (χ2v) is 5.20. The van der Waals surface area contributed by atoms with E-state index in [2.05, 4.69) is 4.98 Å². The second-order valence-electron chi connectivity index (χ2n) is 3.77. The highest BCUT2D eigenvalue weighted by atomic mass is 35.5. The van der Waals surface area contributed by atoms with Crippen LogP contribution < -0.4 is 0 Å². The number of rotatable bonds is 5. The molecule has 0 unspecified atom stereocenters. The van der Waals surface area contributed by atoms with E-state index in [1.165, 1.54) is 18.4 Å². The molecule has 21 heavy (non-hydrogen) atoms. The first kappa shape index (κ1) is 15.4. The maximum atomic E-state index is 11.4. The van der Waals surface area contributed by atoms with Crippen molar-refractivity contribution >= 4 is 35.3 Å². The molecule has 0 saturated heterocycles. The standard InChI is InChI=1S/C13H10ClNO5S/c1-2-19-12(18)10-6-20-13(15-10)21-7-3-4-9(14)8(5-7)11(16)17/h3-6H,2H2,1H3,(H,16,17). The molecule has 0 aliphatic carbocycles. The SMILES string of the molecule is CCOC(=O)c1coc(Sc2ccc(Cl)c(C(=O)O)c2)n1. The van der Waals surface area contributed by atoms with Gasteiger partial charge in [-0.05, 0) is 36.9 Å². The summed E-state index contributed by atoms with van der Waals surface area (Å²) in [4.78, 5) is 27.0. The molecule has 0 bridgehead atoms. The zero-order chi connectivity index (χ0) is 15.4. The number of aromatic nitrogens is 1. The fraction of sp³-hybridized carbons (Fsp3) is 0.154. The topological polar surface area (TPSA) is 89.6 Å².